The number of aromatic nitrogens is 3. The first-order chi connectivity index (χ1) is 14.2. The second-order valence-corrected chi connectivity index (χ2v) is 8.76. The molecular weight excluding hydrogens is 384 g/mol. The van der Waals surface area contributed by atoms with Crippen LogP contribution >= 0.6 is 0 Å². The molecule has 9 heteroatoms. The van der Waals surface area contributed by atoms with Crippen molar-refractivity contribution in [1.29, 1.82) is 0 Å². The minimum absolute atomic E-state index is 0.0909. The fourth-order valence-electron chi connectivity index (χ4n) is 3.35. The number of nitrogens with two attached hydrogens (primary N) is 1. The summed E-state index contributed by atoms with van der Waals surface area (Å²) in [6.07, 6.45) is 4.89. The van der Waals surface area contributed by atoms with Crippen molar-refractivity contribution in [2.24, 2.45) is 11.7 Å². The van der Waals surface area contributed by atoms with E-state index in [0.29, 0.717) is 43.2 Å². The van der Waals surface area contributed by atoms with Crippen LogP contribution in [-0.4, -0.2) is 40.0 Å². The summed E-state index contributed by atoms with van der Waals surface area (Å²) in [6.45, 7) is 7.50. The van der Waals surface area contributed by atoms with E-state index in [1.165, 1.54) is 0 Å². The van der Waals surface area contributed by atoms with Gasteiger partial charge in [0.1, 0.15) is 5.82 Å². The molecule has 9 nitrogen and oxygen atoms in total. The maximum atomic E-state index is 12.2. The third kappa shape index (κ3) is 5.77. The van der Waals surface area contributed by atoms with E-state index in [1.54, 1.807) is 6.20 Å². The van der Waals surface area contributed by atoms with Gasteiger partial charge in [-0.05, 0) is 31.4 Å². The minimum atomic E-state index is -0.265. The molecule has 1 atom stereocenters. The molecule has 0 radical (unpaired) electrons. The summed E-state index contributed by atoms with van der Waals surface area (Å²) in [6, 6.07) is 3.67. The van der Waals surface area contributed by atoms with Crippen LogP contribution in [-0.2, 0) is 21.4 Å². The summed E-state index contributed by atoms with van der Waals surface area (Å²) < 4.78 is 5.25. The van der Waals surface area contributed by atoms with E-state index in [1.807, 2.05) is 32.9 Å². The Balaban J connectivity index is 1.45. The van der Waals surface area contributed by atoms with E-state index < -0.39 is 0 Å². The van der Waals surface area contributed by atoms with E-state index in [2.05, 4.69) is 25.3 Å². The van der Waals surface area contributed by atoms with Crippen LogP contribution in [0.2, 0.25) is 0 Å². The van der Waals surface area contributed by atoms with Gasteiger partial charge in [0.05, 0.1) is 17.8 Å². The Kier molecular flexibility index (Phi) is 6.69. The summed E-state index contributed by atoms with van der Waals surface area (Å²) in [5, 5.41) is 6.84. The van der Waals surface area contributed by atoms with Gasteiger partial charge in [-0.1, -0.05) is 25.9 Å². The van der Waals surface area contributed by atoms with Crippen LogP contribution in [0, 0.1) is 5.92 Å². The smallest absolute Gasteiger partial charge is 0.226 e. The lowest BCUT2D eigenvalue weighted by atomic mass is 9.96. The first-order valence-corrected chi connectivity index (χ1v) is 10.4. The standard InChI is InChI=1S/C21H30N6O3/c1-21(2,3)20-25-18(30-26-20)8-4-7-17(28)24-15-9-10-16(23-12-15)27-11-5-6-14(13-27)19(22)29/h9-10,12,14H,4-8,11,13H2,1-3H3,(H2,22,29)(H,24,28). The normalized spacial score (nSPS) is 17.0. The Labute approximate surface area is 176 Å². The molecular formula is C21H30N6O3. The van der Waals surface area contributed by atoms with Gasteiger partial charge in [-0.2, -0.15) is 4.98 Å². The number of pyridine rings is 1. The third-order valence-corrected chi connectivity index (χ3v) is 5.11. The molecule has 30 heavy (non-hydrogen) atoms. The number of hydrogen-bond acceptors (Lipinski definition) is 7. The Hall–Kier alpha value is -2.97. The van der Waals surface area contributed by atoms with E-state index in [9.17, 15) is 9.59 Å². The molecule has 0 spiro atoms. The van der Waals surface area contributed by atoms with Crippen molar-refractivity contribution in [1.82, 2.24) is 15.1 Å². The van der Waals surface area contributed by atoms with Gasteiger partial charge in [0.15, 0.2) is 5.82 Å². The van der Waals surface area contributed by atoms with Crippen molar-refractivity contribution < 1.29 is 14.1 Å². The van der Waals surface area contributed by atoms with Gasteiger partial charge in [-0.25, -0.2) is 4.98 Å². The van der Waals surface area contributed by atoms with Gasteiger partial charge in [0.25, 0.3) is 0 Å². The molecule has 1 aliphatic heterocycles. The lowest BCUT2D eigenvalue weighted by molar-refractivity contribution is -0.122. The SMILES string of the molecule is CC(C)(C)c1noc(CCCC(=O)Nc2ccc(N3CCCC(C(N)=O)C3)nc2)n1. The number of piperidine rings is 1. The summed E-state index contributed by atoms with van der Waals surface area (Å²) >= 11 is 0. The van der Waals surface area contributed by atoms with Gasteiger partial charge >= 0.3 is 0 Å². The van der Waals surface area contributed by atoms with Crippen LogP contribution in [0.4, 0.5) is 11.5 Å². The fraction of sp³-hybridized carbons (Fsp3) is 0.571. The first kappa shape index (κ1) is 21.7. The molecule has 3 N–H and O–H groups in total. The molecule has 1 saturated heterocycles. The zero-order valence-electron chi connectivity index (χ0n) is 17.9. The second kappa shape index (κ2) is 9.23. The van der Waals surface area contributed by atoms with Crippen molar-refractivity contribution in [2.45, 2.75) is 58.3 Å². The van der Waals surface area contributed by atoms with Crippen molar-refractivity contribution in [3.05, 3.63) is 30.0 Å². The van der Waals surface area contributed by atoms with E-state index in [0.717, 1.165) is 25.2 Å². The average Bonchev–Trinajstić information content (AvgIpc) is 3.18. The van der Waals surface area contributed by atoms with Crippen molar-refractivity contribution in [3.8, 4) is 0 Å². The van der Waals surface area contributed by atoms with Crippen LogP contribution in [0.15, 0.2) is 22.9 Å². The lowest BCUT2D eigenvalue weighted by Crippen LogP contribution is -2.41. The highest BCUT2D eigenvalue weighted by molar-refractivity contribution is 5.90. The summed E-state index contributed by atoms with van der Waals surface area (Å²) in [4.78, 5) is 34.5. The molecule has 2 aromatic heterocycles. The number of primary amides is 1. The molecule has 2 amide bonds. The summed E-state index contributed by atoms with van der Waals surface area (Å²) in [5.41, 5.74) is 5.92. The highest BCUT2D eigenvalue weighted by Crippen LogP contribution is 2.22. The minimum Gasteiger partial charge on any atom is -0.369 e. The molecule has 1 unspecified atom stereocenters. The van der Waals surface area contributed by atoms with Crippen molar-refractivity contribution in [2.75, 3.05) is 23.3 Å². The Morgan fingerprint density at radius 2 is 2.13 bits per heavy atom. The number of aryl methyl sites for hydroxylation is 1. The number of rotatable bonds is 7. The van der Waals surface area contributed by atoms with Crippen molar-refractivity contribution >= 4 is 23.3 Å². The molecule has 0 bridgehead atoms. The van der Waals surface area contributed by atoms with Gasteiger partial charge in [-0.15, -0.1) is 0 Å². The molecule has 1 fully saturated rings. The number of nitrogens with zero attached hydrogens (tertiary/aromatic N) is 4. The lowest BCUT2D eigenvalue weighted by Gasteiger charge is -2.32. The monoisotopic (exact) mass is 414 g/mol. The number of carbonyl (C=O) groups is 2. The zero-order valence-corrected chi connectivity index (χ0v) is 17.9. The second-order valence-electron chi connectivity index (χ2n) is 8.76. The maximum Gasteiger partial charge on any atom is 0.226 e. The van der Waals surface area contributed by atoms with Crippen LogP contribution in [0.25, 0.3) is 0 Å². The first-order valence-electron chi connectivity index (χ1n) is 10.4. The number of hydrogen-bond donors (Lipinski definition) is 2. The average molecular weight is 415 g/mol. The topological polar surface area (TPSA) is 127 Å². The number of anilines is 2. The van der Waals surface area contributed by atoms with Crippen LogP contribution in [0.3, 0.4) is 0 Å². The van der Waals surface area contributed by atoms with E-state index >= 15 is 0 Å². The molecule has 0 saturated carbocycles. The van der Waals surface area contributed by atoms with E-state index in [-0.39, 0.29) is 23.1 Å². The molecule has 2 aromatic rings. The molecule has 3 rings (SSSR count). The van der Waals surface area contributed by atoms with Crippen LogP contribution in [0.1, 0.15) is 58.2 Å². The highest BCUT2D eigenvalue weighted by Gasteiger charge is 2.24. The fourth-order valence-corrected chi connectivity index (χ4v) is 3.35. The van der Waals surface area contributed by atoms with Gasteiger partial charge < -0.3 is 20.5 Å². The predicted molar refractivity (Wildman–Crippen MR) is 113 cm³/mol. The molecule has 162 valence electrons. The quantitative estimate of drug-likeness (QED) is 0.712. The van der Waals surface area contributed by atoms with Crippen molar-refractivity contribution in [3.63, 3.8) is 0 Å². The Morgan fingerprint density at radius 1 is 1.33 bits per heavy atom. The third-order valence-electron chi connectivity index (χ3n) is 5.11. The number of nitrogens with one attached hydrogen (secondary N) is 1. The van der Waals surface area contributed by atoms with Gasteiger partial charge in [0.2, 0.25) is 17.7 Å². The summed E-state index contributed by atoms with van der Waals surface area (Å²) in [7, 11) is 0. The molecule has 1 aliphatic rings. The zero-order chi connectivity index (χ0) is 21.7. The summed E-state index contributed by atoms with van der Waals surface area (Å²) in [5.74, 6) is 1.51. The molecule has 0 aliphatic carbocycles. The largest absolute Gasteiger partial charge is 0.369 e. The van der Waals surface area contributed by atoms with Gasteiger partial charge in [-0.3, -0.25) is 9.59 Å². The number of carbonyl (C=O) groups excluding carboxylic acids is 2. The van der Waals surface area contributed by atoms with E-state index in [4.69, 9.17) is 10.3 Å². The Morgan fingerprint density at radius 3 is 2.77 bits per heavy atom. The number of amides is 2. The molecule has 0 aromatic carbocycles. The molecule has 3 heterocycles. The predicted octanol–water partition coefficient (Wildman–Crippen LogP) is 2.43. The maximum absolute atomic E-state index is 12.2. The highest BCUT2D eigenvalue weighted by atomic mass is 16.5. The van der Waals surface area contributed by atoms with Crippen LogP contribution < -0.4 is 16.0 Å². The van der Waals surface area contributed by atoms with Crippen LogP contribution in [0.5, 0.6) is 0 Å². The Bertz CT molecular complexity index is 872. The van der Waals surface area contributed by atoms with Gasteiger partial charge in [0, 0.05) is 31.3 Å².